The lowest BCUT2D eigenvalue weighted by molar-refractivity contribution is -0.633. The van der Waals surface area contributed by atoms with Crippen molar-refractivity contribution in [2.24, 2.45) is 7.05 Å². The van der Waals surface area contributed by atoms with E-state index in [1.165, 1.54) is 22.4 Å². The van der Waals surface area contributed by atoms with Crippen molar-refractivity contribution in [3.63, 3.8) is 0 Å². The van der Waals surface area contributed by atoms with Crippen LogP contribution in [0, 0.1) is 13.8 Å². The highest BCUT2D eigenvalue weighted by atomic mass is 16.3. The van der Waals surface area contributed by atoms with Gasteiger partial charge in [0, 0.05) is 17.2 Å². The third-order valence-corrected chi connectivity index (χ3v) is 4.61. The SMILES string of the molecule is Cc1ccc(-c2cc3c(ccc(-c4ccccc4C)[n+]3C)o2)cc1. The summed E-state index contributed by atoms with van der Waals surface area (Å²) in [4.78, 5) is 0. The van der Waals surface area contributed by atoms with Crippen LogP contribution in [0.5, 0.6) is 0 Å². The molecule has 0 aliphatic heterocycles. The van der Waals surface area contributed by atoms with Gasteiger partial charge in [0.2, 0.25) is 5.69 Å². The van der Waals surface area contributed by atoms with Crippen LogP contribution in [0.1, 0.15) is 11.1 Å². The van der Waals surface area contributed by atoms with E-state index in [9.17, 15) is 0 Å². The van der Waals surface area contributed by atoms with Gasteiger partial charge in [-0.2, -0.15) is 4.57 Å². The lowest BCUT2D eigenvalue weighted by Crippen LogP contribution is -2.31. The molecule has 2 heterocycles. The minimum atomic E-state index is 0.905. The van der Waals surface area contributed by atoms with Crippen molar-refractivity contribution in [2.45, 2.75) is 13.8 Å². The summed E-state index contributed by atoms with van der Waals surface area (Å²) >= 11 is 0. The molecule has 0 saturated carbocycles. The van der Waals surface area contributed by atoms with Gasteiger partial charge in [-0.25, -0.2) is 0 Å². The van der Waals surface area contributed by atoms with Crippen LogP contribution in [-0.4, -0.2) is 0 Å². The maximum atomic E-state index is 6.08. The molecule has 0 aliphatic carbocycles. The first-order chi connectivity index (χ1) is 11.6. The molecular formula is C22H20NO+. The molecule has 0 amide bonds. The van der Waals surface area contributed by atoms with Gasteiger partial charge < -0.3 is 4.42 Å². The molecule has 118 valence electrons. The van der Waals surface area contributed by atoms with Crippen molar-refractivity contribution in [1.29, 1.82) is 0 Å². The van der Waals surface area contributed by atoms with E-state index >= 15 is 0 Å². The Labute approximate surface area is 142 Å². The normalized spacial score (nSPS) is 11.1. The molecule has 0 aliphatic rings. The number of rotatable bonds is 2. The maximum absolute atomic E-state index is 6.08. The Morgan fingerprint density at radius 2 is 1.58 bits per heavy atom. The van der Waals surface area contributed by atoms with E-state index in [1.54, 1.807) is 0 Å². The molecule has 2 heteroatoms. The molecule has 2 nitrogen and oxygen atoms in total. The molecule has 2 aromatic carbocycles. The second-order valence-corrected chi connectivity index (χ2v) is 6.32. The second-order valence-electron chi connectivity index (χ2n) is 6.32. The quantitative estimate of drug-likeness (QED) is 0.464. The zero-order chi connectivity index (χ0) is 16.7. The highest BCUT2D eigenvalue weighted by molar-refractivity contribution is 5.78. The Kier molecular flexibility index (Phi) is 3.46. The number of aryl methyl sites for hydroxylation is 3. The molecule has 0 saturated heterocycles. The number of benzene rings is 2. The van der Waals surface area contributed by atoms with Crippen molar-refractivity contribution in [3.8, 4) is 22.6 Å². The Bertz CT molecular complexity index is 1030. The summed E-state index contributed by atoms with van der Waals surface area (Å²) in [5.74, 6) is 0.905. The van der Waals surface area contributed by atoms with E-state index in [0.29, 0.717) is 0 Å². The smallest absolute Gasteiger partial charge is 0.252 e. The fraction of sp³-hybridized carbons (Fsp3) is 0.136. The van der Waals surface area contributed by atoms with E-state index in [2.05, 4.69) is 92.2 Å². The van der Waals surface area contributed by atoms with E-state index < -0.39 is 0 Å². The summed E-state index contributed by atoms with van der Waals surface area (Å²) < 4.78 is 8.28. The highest BCUT2D eigenvalue weighted by Crippen LogP contribution is 2.28. The monoisotopic (exact) mass is 314 g/mol. The van der Waals surface area contributed by atoms with Crippen LogP contribution in [0.2, 0.25) is 0 Å². The zero-order valence-electron chi connectivity index (χ0n) is 14.2. The predicted molar refractivity (Wildman–Crippen MR) is 97.7 cm³/mol. The van der Waals surface area contributed by atoms with E-state index in [4.69, 9.17) is 4.42 Å². The summed E-state index contributed by atoms with van der Waals surface area (Å²) in [5.41, 5.74) is 8.08. The maximum Gasteiger partial charge on any atom is 0.252 e. The average Bonchev–Trinajstić information content (AvgIpc) is 3.02. The van der Waals surface area contributed by atoms with Crippen LogP contribution in [0.4, 0.5) is 0 Å². The van der Waals surface area contributed by atoms with Crippen LogP contribution < -0.4 is 4.57 Å². The first-order valence-electron chi connectivity index (χ1n) is 8.19. The lowest BCUT2D eigenvalue weighted by Gasteiger charge is -2.03. The molecule has 0 bridgehead atoms. The first-order valence-corrected chi connectivity index (χ1v) is 8.19. The van der Waals surface area contributed by atoms with E-state index in [0.717, 1.165) is 22.4 Å². The molecule has 4 aromatic rings. The van der Waals surface area contributed by atoms with Crippen LogP contribution in [0.25, 0.3) is 33.7 Å². The fourth-order valence-corrected chi connectivity index (χ4v) is 3.16. The van der Waals surface area contributed by atoms with Gasteiger partial charge >= 0.3 is 0 Å². The van der Waals surface area contributed by atoms with Crippen molar-refractivity contribution in [3.05, 3.63) is 77.9 Å². The zero-order valence-corrected chi connectivity index (χ0v) is 14.2. The fourth-order valence-electron chi connectivity index (χ4n) is 3.16. The van der Waals surface area contributed by atoms with E-state index in [1.807, 2.05) is 0 Å². The molecule has 2 aromatic heterocycles. The number of pyridine rings is 1. The Hall–Kier alpha value is -2.87. The van der Waals surface area contributed by atoms with Gasteiger partial charge in [0.1, 0.15) is 12.8 Å². The summed E-state index contributed by atoms with van der Waals surface area (Å²) in [5, 5.41) is 0. The minimum Gasteiger partial charge on any atom is -0.449 e. The largest absolute Gasteiger partial charge is 0.449 e. The Morgan fingerprint density at radius 1 is 0.833 bits per heavy atom. The topological polar surface area (TPSA) is 17.0 Å². The van der Waals surface area contributed by atoms with Gasteiger partial charge in [-0.15, -0.1) is 0 Å². The number of hydrogen-bond donors (Lipinski definition) is 0. The average molecular weight is 314 g/mol. The van der Waals surface area contributed by atoms with Gasteiger partial charge in [-0.3, -0.25) is 0 Å². The van der Waals surface area contributed by atoms with Gasteiger partial charge in [0.25, 0.3) is 5.52 Å². The third-order valence-electron chi connectivity index (χ3n) is 4.61. The van der Waals surface area contributed by atoms with Crippen LogP contribution in [-0.2, 0) is 7.05 Å². The van der Waals surface area contributed by atoms with Gasteiger partial charge in [-0.05, 0) is 31.5 Å². The molecule has 0 fully saturated rings. The van der Waals surface area contributed by atoms with Gasteiger partial charge in [0.15, 0.2) is 5.58 Å². The van der Waals surface area contributed by atoms with Crippen LogP contribution >= 0.6 is 0 Å². The number of furan rings is 1. The Balaban J connectivity index is 1.88. The minimum absolute atomic E-state index is 0.905. The number of hydrogen-bond acceptors (Lipinski definition) is 1. The number of fused-ring (bicyclic) bond motifs is 1. The molecule has 0 atom stereocenters. The van der Waals surface area contributed by atoms with E-state index in [-0.39, 0.29) is 0 Å². The number of nitrogens with zero attached hydrogens (tertiary/aromatic N) is 1. The molecular weight excluding hydrogens is 294 g/mol. The summed E-state index contributed by atoms with van der Waals surface area (Å²) in [6, 6.07) is 23.2. The number of aromatic nitrogens is 1. The molecule has 0 N–H and O–H groups in total. The summed E-state index contributed by atoms with van der Waals surface area (Å²) in [6.45, 7) is 4.24. The standard InChI is InChI=1S/C22H20NO/c1-15-8-10-17(11-9-15)22-14-20-21(24-22)13-12-19(23(20)3)18-7-5-4-6-16(18)2/h4-14H,1-3H3/q+1. The molecule has 24 heavy (non-hydrogen) atoms. The van der Waals surface area contributed by atoms with Crippen molar-refractivity contribution in [1.82, 2.24) is 0 Å². The Morgan fingerprint density at radius 3 is 2.33 bits per heavy atom. The van der Waals surface area contributed by atoms with Gasteiger partial charge in [0.05, 0.1) is 6.07 Å². The predicted octanol–water partition coefficient (Wildman–Crippen LogP) is 5.21. The summed E-state index contributed by atoms with van der Waals surface area (Å²) in [6.07, 6.45) is 0. The molecule has 4 rings (SSSR count). The van der Waals surface area contributed by atoms with Crippen LogP contribution in [0.3, 0.4) is 0 Å². The molecule has 0 radical (unpaired) electrons. The van der Waals surface area contributed by atoms with Crippen molar-refractivity contribution >= 4 is 11.1 Å². The van der Waals surface area contributed by atoms with Crippen molar-refractivity contribution in [2.75, 3.05) is 0 Å². The first kappa shape index (κ1) is 14.7. The molecule has 0 spiro atoms. The summed E-state index contributed by atoms with van der Waals surface area (Å²) in [7, 11) is 2.10. The van der Waals surface area contributed by atoms with Gasteiger partial charge in [-0.1, -0.05) is 48.0 Å². The third kappa shape index (κ3) is 2.41. The van der Waals surface area contributed by atoms with Crippen molar-refractivity contribution < 1.29 is 8.98 Å². The second kappa shape index (κ2) is 5.64. The van der Waals surface area contributed by atoms with Crippen LogP contribution in [0.15, 0.2) is 71.1 Å². The lowest BCUT2D eigenvalue weighted by atomic mass is 10.0. The highest BCUT2D eigenvalue weighted by Gasteiger charge is 2.19. The molecule has 0 unspecified atom stereocenters.